The van der Waals surface area contributed by atoms with Crippen molar-refractivity contribution in [1.82, 2.24) is 0 Å². The monoisotopic (exact) mass is 395 g/mol. The number of benzene rings is 2. The number of methoxy groups -OCH3 is 1. The number of ether oxygens (including phenoxy) is 1. The summed E-state index contributed by atoms with van der Waals surface area (Å²) in [4.78, 5) is 12.0. The maximum absolute atomic E-state index is 13.1. The largest absolute Gasteiger partial charge is 0.497 e. The van der Waals surface area contributed by atoms with E-state index in [1.54, 1.807) is 24.3 Å². The van der Waals surface area contributed by atoms with E-state index in [1.807, 2.05) is 0 Å². The van der Waals surface area contributed by atoms with Gasteiger partial charge in [-0.15, -0.1) is 0 Å². The molecular formula is C18H18ClNO5S. The highest BCUT2D eigenvalue weighted by Crippen LogP contribution is 2.63. The van der Waals surface area contributed by atoms with E-state index in [0.29, 0.717) is 16.3 Å². The highest BCUT2D eigenvalue weighted by molar-refractivity contribution is 7.92. The fraction of sp³-hybridized carbons (Fsp3) is 0.278. The molecule has 1 saturated carbocycles. The van der Waals surface area contributed by atoms with Crippen molar-refractivity contribution in [3.05, 3.63) is 59.1 Å². The van der Waals surface area contributed by atoms with E-state index >= 15 is 0 Å². The van der Waals surface area contributed by atoms with E-state index in [2.05, 4.69) is 0 Å². The van der Waals surface area contributed by atoms with Crippen molar-refractivity contribution in [2.45, 2.75) is 16.1 Å². The van der Waals surface area contributed by atoms with Gasteiger partial charge in [-0.2, -0.15) is 0 Å². The molecule has 0 aliphatic heterocycles. The zero-order chi connectivity index (χ0) is 19.1. The van der Waals surface area contributed by atoms with Gasteiger partial charge in [-0.1, -0.05) is 23.7 Å². The van der Waals surface area contributed by atoms with E-state index in [1.165, 1.54) is 31.4 Å². The Morgan fingerprint density at radius 3 is 2.23 bits per heavy atom. The van der Waals surface area contributed by atoms with Crippen molar-refractivity contribution >= 4 is 27.4 Å². The van der Waals surface area contributed by atoms with Crippen LogP contribution in [0.5, 0.6) is 5.75 Å². The number of carboxylic acid groups (broad SMARTS) is 1. The summed E-state index contributed by atoms with van der Waals surface area (Å²) in [6.45, 7) is -0.281. The van der Waals surface area contributed by atoms with Crippen LogP contribution < -0.4 is 10.5 Å². The molecule has 138 valence electrons. The molecule has 0 heterocycles. The summed E-state index contributed by atoms with van der Waals surface area (Å²) in [5, 5.41) is 9.02. The fourth-order valence-electron chi connectivity index (χ4n) is 3.50. The molecule has 0 radical (unpaired) electrons. The lowest BCUT2D eigenvalue weighted by Gasteiger charge is -2.10. The van der Waals surface area contributed by atoms with Crippen molar-refractivity contribution in [2.24, 2.45) is 11.1 Å². The van der Waals surface area contributed by atoms with Crippen LogP contribution in [0.2, 0.25) is 5.02 Å². The van der Waals surface area contributed by atoms with E-state index in [9.17, 15) is 18.3 Å². The van der Waals surface area contributed by atoms with Crippen molar-refractivity contribution in [3.8, 4) is 5.75 Å². The molecule has 3 N–H and O–H groups in total. The molecule has 0 saturated heterocycles. The molecule has 0 aromatic heterocycles. The van der Waals surface area contributed by atoms with Crippen molar-refractivity contribution in [2.75, 3.05) is 13.7 Å². The standard InChI is InChI=1S/C18H18ClNO5S/c1-25-13-6-2-11(3-7-13)15-16(18(15,10-20)17(21)22)26(23,24)14-8-4-12(19)5-9-14/h2-9,15-16H,10,20H2,1H3,(H,21,22)/t15-,16+,18+/m1/s1. The minimum atomic E-state index is -3.91. The molecule has 0 amide bonds. The van der Waals surface area contributed by atoms with Gasteiger partial charge in [0.05, 0.1) is 17.3 Å². The van der Waals surface area contributed by atoms with Crippen LogP contribution in [0, 0.1) is 5.41 Å². The Labute approximate surface area is 156 Å². The van der Waals surface area contributed by atoms with Gasteiger partial charge < -0.3 is 15.6 Å². The van der Waals surface area contributed by atoms with Crippen LogP contribution in [-0.4, -0.2) is 38.4 Å². The van der Waals surface area contributed by atoms with Crippen LogP contribution in [0.3, 0.4) is 0 Å². The number of halogens is 1. The number of nitrogens with two attached hydrogens (primary N) is 1. The van der Waals surface area contributed by atoms with Gasteiger partial charge in [0.1, 0.15) is 11.2 Å². The lowest BCUT2D eigenvalue weighted by Crippen LogP contribution is -2.31. The highest BCUT2D eigenvalue weighted by Gasteiger charge is 2.75. The first-order chi connectivity index (χ1) is 12.3. The van der Waals surface area contributed by atoms with Gasteiger partial charge >= 0.3 is 5.97 Å². The van der Waals surface area contributed by atoms with Gasteiger partial charge in [0.15, 0.2) is 9.84 Å². The van der Waals surface area contributed by atoms with E-state index in [-0.39, 0.29) is 11.4 Å². The summed E-state index contributed by atoms with van der Waals surface area (Å²) in [6, 6.07) is 12.4. The summed E-state index contributed by atoms with van der Waals surface area (Å²) >= 11 is 5.82. The molecule has 3 atom stereocenters. The Morgan fingerprint density at radius 2 is 1.77 bits per heavy atom. The number of aliphatic carboxylic acids is 1. The molecule has 0 bridgehead atoms. The summed E-state index contributed by atoms with van der Waals surface area (Å²) < 4.78 is 31.3. The molecular weight excluding hydrogens is 378 g/mol. The number of sulfone groups is 1. The number of carbonyl (C=O) groups is 1. The first-order valence-electron chi connectivity index (χ1n) is 7.86. The minimum Gasteiger partial charge on any atom is -0.497 e. The normalized spacial score (nSPS) is 24.9. The summed E-state index contributed by atoms with van der Waals surface area (Å²) in [5.41, 5.74) is 4.79. The predicted molar refractivity (Wildman–Crippen MR) is 97.3 cm³/mol. The Balaban J connectivity index is 2.08. The molecule has 0 spiro atoms. The molecule has 3 rings (SSSR count). The summed E-state index contributed by atoms with van der Waals surface area (Å²) in [7, 11) is -2.40. The zero-order valence-electron chi connectivity index (χ0n) is 13.9. The Bertz CT molecular complexity index is 927. The molecule has 26 heavy (non-hydrogen) atoms. The zero-order valence-corrected chi connectivity index (χ0v) is 15.5. The molecule has 1 aliphatic carbocycles. The van der Waals surface area contributed by atoms with Gasteiger partial charge in [0.2, 0.25) is 0 Å². The molecule has 2 aromatic carbocycles. The first kappa shape index (κ1) is 18.7. The number of rotatable bonds is 6. The fourth-order valence-corrected chi connectivity index (χ4v) is 6.01. The second-order valence-electron chi connectivity index (χ2n) is 6.22. The van der Waals surface area contributed by atoms with E-state index in [4.69, 9.17) is 22.1 Å². The summed E-state index contributed by atoms with van der Waals surface area (Å²) in [5.74, 6) is -1.36. The average Bonchev–Trinajstić information content (AvgIpc) is 3.34. The lowest BCUT2D eigenvalue weighted by atomic mass is 9.99. The molecule has 2 aromatic rings. The lowest BCUT2D eigenvalue weighted by molar-refractivity contribution is -0.143. The Kier molecular flexibility index (Phi) is 4.72. The summed E-state index contributed by atoms with van der Waals surface area (Å²) in [6.07, 6.45) is 0. The van der Waals surface area contributed by atoms with Crippen molar-refractivity contribution < 1.29 is 23.1 Å². The smallest absolute Gasteiger partial charge is 0.312 e. The number of hydrogen-bond donors (Lipinski definition) is 2. The minimum absolute atomic E-state index is 0.0296. The highest BCUT2D eigenvalue weighted by atomic mass is 35.5. The van der Waals surface area contributed by atoms with E-state index < -0.39 is 32.4 Å². The van der Waals surface area contributed by atoms with E-state index in [0.717, 1.165) is 0 Å². The first-order valence-corrected chi connectivity index (χ1v) is 9.78. The average molecular weight is 396 g/mol. The third kappa shape index (κ3) is 2.76. The SMILES string of the molecule is COc1ccc([C@@H]2[C@H](S(=O)(=O)c3ccc(Cl)cc3)[C@@]2(CN)C(=O)O)cc1. The maximum Gasteiger partial charge on any atom is 0.312 e. The van der Waals surface area contributed by atoms with Gasteiger partial charge in [-0.05, 0) is 42.0 Å². The van der Waals surface area contributed by atoms with Crippen LogP contribution in [0.25, 0.3) is 0 Å². The van der Waals surface area contributed by atoms with Crippen LogP contribution in [0.1, 0.15) is 11.5 Å². The second kappa shape index (κ2) is 6.57. The third-order valence-electron chi connectivity index (χ3n) is 4.94. The number of carboxylic acids is 1. The molecule has 0 unspecified atom stereocenters. The predicted octanol–water partition coefficient (Wildman–Crippen LogP) is 2.32. The molecule has 8 heteroatoms. The topological polar surface area (TPSA) is 107 Å². The van der Waals surface area contributed by atoms with Crippen LogP contribution in [-0.2, 0) is 14.6 Å². The molecule has 6 nitrogen and oxygen atoms in total. The van der Waals surface area contributed by atoms with Gasteiger partial charge in [0.25, 0.3) is 0 Å². The Hall–Kier alpha value is -2.09. The quantitative estimate of drug-likeness (QED) is 0.777. The van der Waals surface area contributed by atoms with Crippen molar-refractivity contribution in [1.29, 1.82) is 0 Å². The van der Waals surface area contributed by atoms with Crippen LogP contribution >= 0.6 is 11.6 Å². The van der Waals surface area contributed by atoms with Gasteiger partial charge in [0, 0.05) is 17.5 Å². The maximum atomic E-state index is 13.1. The van der Waals surface area contributed by atoms with Gasteiger partial charge in [-0.3, -0.25) is 4.79 Å². The van der Waals surface area contributed by atoms with Gasteiger partial charge in [-0.25, -0.2) is 8.42 Å². The second-order valence-corrected chi connectivity index (χ2v) is 8.73. The van der Waals surface area contributed by atoms with Crippen molar-refractivity contribution in [3.63, 3.8) is 0 Å². The molecule has 1 fully saturated rings. The third-order valence-corrected chi connectivity index (χ3v) is 7.49. The molecule has 1 aliphatic rings. The number of hydrogen-bond acceptors (Lipinski definition) is 5. The van der Waals surface area contributed by atoms with Crippen LogP contribution in [0.15, 0.2) is 53.4 Å². The van der Waals surface area contributed by atoms with Crippen LogP contribution in [0.4, 0.5) is 0 Å². The Morgan fingerprint density at radius 1 is 1.19 bits per heavy atom.